The van der Waals surface area contributed by atoms with Crippen LogP contribution in [0.15, 0.2) is 11.8 Å². The van der Waals surface area contributed by atoms with Gasteiger partial charge in [0.05, 0.1) is 18.9 Å². The summed E-state index contributed by atoms with van der Waals surface area (Å²) in [6, 6.07) is 0. The van der Waals surface area contributed by atoms with Gasteiger partial charge in [0.1, 0.15) is 0 Å². The van der Waals surface area contributed by atoms with Crippen molar-refractivity contribution in [2.75, 3.05) is 20.7 Å². The first-order valence-corrected chi connectivity index (χ1v) is 7.85. The van der Waals surface area contributed by atoms with Crippen LogP contribution in [0, 0.1) is 17.8 Å². The number of hydrogen-bond donors (Lipinski definition) is 0. The topological polar surface area (TPSA) is 65.1 Å². The molecule has 4 unspecified atom stereocenters. The molecule has 124 valence electrons. The Morgan fingerprint density at radius 3 is 2.77 bits per heavy atom. The Balaban J connectivity index is 2.11. The number of amides is 1. The molecule has 1 aliphatic heterocycles. The first kappa shape index (κ1) is 16.6. The lowest BCUT2D eigenvalue weighted by molar-refractivity contribution is -0.146. The van der Waals surface area contributed by atoms with Crippen LogP contribution in [-0.2, 0) is 19.0 Å². The Bertz CT molecular complexity index is 461. The molecule has 0 saturated heterocycles. The van der Waals surface area contributed by atoms with Crippen LogP contribution in [0.2, 0.25) is 0 Å². The van der Waals surface area contributed by atoms with Crippen LogP contribution in [0.1, 0.15) is 33.1 Å². The zero-order chi connectivity index (χ0) is 16.3. The molecular formula is C16H25NO5. The summed E-state index contributed by atoms with van der Waals surface area (Å²) in [4.78, 5) is 25.5. The van der Waals surface area contributed by atoms with E-state index in [1.165, 1.54) is 18.3 Å². The van der Waals surface area contributed by atoms with E-state index in [2.05, 4.69) is 6.92 Å². The van der Waals surface area contributed by atoms with E-state index in [4.69, 9.17) is 14.2 Å². The fourth-order valence-corrected chi connectivity index (χ4v) is 3.40. The Hall–Kier alpha value is -1.72. The van der Waals surface area contributed by atoms with Crippen LogP contribution in [0.25, 0.3) is 0 Å². The van der Waals surface area contributed by atoms with Gasteiger partial charge in [0.25, 0.3) is 0 Å². The molecule has 0 aromatic heterocycles. The quantitative estimate of drug-likeness (QED) is 0.747. The Morgan fingerprint density at radius 1 is 1.41 bits per heavy atom. The zero-order valence-corrected chi connectivity index (χ0v) is 13.7. The van der Waals surface area contributed by atoms with Gasteiger partial charge in [-0.15, -0.1) is 0 Å². The Kier molecular flexibility index (Phi) is 5.32. The van der Waals surface area contributed by atoms with Gasteiger partial charge < -0.3 is 19.1 Å². The molecule has 0 aromatic carbocycles. The highest BCUT2D eigenvalue weighted by molar-refractivity contribution is 5.89. The third kappa shape index (κ3) is 3.20. The maximum Gasteiger partial charge on any atom is 0.412 e. The lowest BCUT2D eigenvalue weighted by Crippen LogP contribution is -2.41. The maximum absolute atomic E-state index is 12.1. The van der Waals surface area contributed by atoms with Gasteiger partial charge in [-0.3, -0.25) is 0 Å². The van der Waals surface area contributed by atoms with Crippen LogP contribution in [0.5, 0.6) is 0 Å². The van der Waals surface area contributed by atoms with E-state index < -0.39 is 6.29 Å². The van der Waals surface area contributed by atoms with E-state index in [1.807, 2.05) is 6.92 Å². The van der Waals surface area contributed by atoms with E-state index in [9.17, 15) is 9.59 Å². The highest BCUT2D eigenvalue weighted by Crippen LogP contribution is 2.46. The number of carbonyl (C=O) groups is 2. The monoisotopic (exact) mass is 311 g/mol. The van der Waals surface area contributed by atoms with Crippen molar-refractivity contribution in [3.63, 3.8) is 0 Å². The average Bonchev–Trinajstić information content (AvgIpc) is 2.89. The molecule has 2 aliphatic rings. The number of ether oxygens (including phenoxy) is 3. The molecule has 1 amide bonds. The van der Waals surface area contributed by atoms with Crippen LogP contribution in [-0.4, -0.2) is 44.0 Å². The molecule has 0 radical (unpaired) electrons. The largest absolute Gasteiger partial charge is 0.466 e. The Labute approximate surface area is 131 Å². The SMILES string of the molecule is CCCN(C)C(=O)OC1OC=C(C(=O)OC)C2CCC(C)C12. The highest BCUT2D eigenvalue weighted by Gasteiger charge is 2.48. The van der Waals surface area contributed by atoms with E-state index in [-0.39, 0.29) is 23.9 Å². The molecule has 1 heterocycles. The van der Waals surface area contributed by atoms with Gasteiger partial charge in [-0.05, 0) is 25.2 Å². The average molecular weight is 311 g/mol. The smallest absolute Gasteiger partial charge is 0.412 e. The summed E-state index contributed by atoms with van der Waals surface area (Å²) < 4.78 is 15.9. The summed E-state index contributed by atoms with van der Waals surface area (Å²) in [5.41, 5.74) is 0.547. The number of fused-ring (bicyclic) bond motifs is 1. The first-order chi connectivity index (χ1) is 10.5. The molecule has 6 heteroatoms. The minimum atomic E-state index is -0.636. The first-order valence-electron chi connectivity index (χ1n) is 7.85. The van der Waals surface area contributed by atoms with E-state index in [0.29, 0.717) is 18.0 Å². The molecule has 0 N–H and O–H groups in total. The van der Waals surface area contributed by atoms with Gasteiger partial charge in [0.15, 0.2) is 0 Å². The standard InChI is InChI=1S/C16H25NO5/c1-5-8-17(3)16(19)22-15-13-10(2)6-7-11(13)12(9-21-15)14(18)20-4/h9-11,13,15H,5-8H2,1-4H3. The summed E-state index contributed by atoms with van der Waals surface area (Å²) in [7, 11) is 3.07. The second kappa shape index (κ2) is 7.03. The fraction of sp³-hybridized carbons (Fsp3) is 0.750. The van der Waals surface area contributed by atoms with Gasteiger partial charge >= 0.3 is 12.1 Å². The summed E-state index contributed by atoms with van der Waals surface area (Å²) in [6.07, 6.45) is 3.11. The fourth-order valence-electron chi connectivity index (χ4n) is 3.40. The molecular weight excluding hydrogens is 286 g/mol. The van der Waals surface area contributed by atoms with Crippen molar-refractivity contribution in [2.24, 2.45) is 17.8 Å². The predicted octanol–water partition coefficient (Wildman–Crippen LogP) is 2.54. The molecule has 1 saturated carbocycles. The molecule has 4 atom stereocenters. The number of methoxy groups -OCH3 is 1. The van der Waals surface area contributed by atoms with Crippen LogP contribution < -0.4 is 0 Å². The summed E-state index contributed by atoms with van der Waals surface area (Å²) in [5.74, 6) is -0.00632. The molecule has 0 bridgehead atoms. The van der Waals surface area contributed by atoms with E-state index in [0.717, 1.165) is 19.3 Å². The number of carbonyl (C=O) groups excluding carboxylic acids is 2. The summed E-state index contributed by atoms with van der Waals surface area (Å²) in [6.45, 7) is 4.74. The lowest BCUT2D eigenvalue weighted by Gasteiger charge is -2.35. The van der Waals surface area contributed by atoms with Gasteiger partial charge in [0, 0.05) is 25.4 Å². The maximum atomic E-state index is 12.1. The van der Waals surface area contributed by atoms with Crippen molar-refractivity contribution in [1.29, 1.82) is 0 Å². The highest BCUT2D eigenvalue weighted by atomic mass is 16.7. The second-order valence-electron chi connectivity index (χ2n) is 6.11. The zero-order valence-electron chi connectivity index (χ0n) is 13.7. The van der Waals surface area contributed by atoms with Crippen LogP contribution in [0.3, 0.4) is 0 Å². The number of esters is 1. The van der Waals surface area contributed by atoms with Crippen molar-refractivity contribution < 1.29 is 23.8 Å². The molecule has 1 aliphatic carbocycles. The van der Waals surface area contributed by atoms with Crippen molar-refractivity contribution in [1.82, 2.24) is 4.90 Å². The Morgan fingerprint density at radius 2 is 2.14 bits per heavy atom. The molecule has 6 nitrogen and oxygen atoms in total. The van der Waals surface area contributed by atoms with Crippen molar-refractivity contribution in [3.8, 4) is 0 Å². The van der Waals surface area contributed by atoms with E-state index >= 15 is 0 Å². The molecule has 0 spiro atoms. The molecule has 22 heavy (non-hydrogen) atoms. The van der Waals surface area contributed by atoms with Crippen molar-refractivity contribution >= 4 is 12.1 Å². The summed E-state index contributed by atoms with van der Waals surface area (Å²) >= 11 is 0. The van der Waals surface area contributed by atoms with E-state index in [1.54, 1.807) is 7.05 Å². The number of rotatable bonds is 4. The molecule has 1 fully saturated rings. The molecule has 2 rings (SSSR count). The number of hydrogen-bond acceptors (Lipinski definition) is 5. The minimum Gasteiger partial charge on any atom is -0.466 e. The van der Waals surface area contributed by atoms with Gasteiger partial charge in [-0.2, -0.15) is 0 Å². The lowest BCUT2D eigenvalue weighted by atomic mass is 9.83. The third-order valence-corrected chi connectivity index (χ3v) is 4.61. The van der Waals surface area contributed by atoms with Crippen molar-refractivity contribution in [2.45, 2.75) is 39.4 Å². The number of nitrogens with zero attached hydrogens (tertiary/aromatic N) is 1. The van der Waals surface area contributed by atoms with Gasteiger partial charge in [-0.1, -0.05) is 13.8 Å². The van der Waals surface area contributed by atoms with Gasteiger partial charge in [0.2, 0.25) is 6.29 Å². The van der Waals surface area contributed by atoms with Crippen LogP contribution >= 0.6 is 0 Å². The van der Waals surface area contributed by atoms with Crippen LogP contribution in [0.4, 0.5) is 4.79 Å². The molecule has 0 aromatic rings. The minimum absolute atomic E-state index is 0.00178. The summed E-state index contributed by atoms with van der Waals surface area (Å²) in [5, 5.41) is 0. The second-order valence-corrected chi connectivity index (χ2v) is 6.11. The van der Waals surface area contributed by atoms with Crippen molar-refractivity contribution in [3.05, 3.63) is 11.8 Å². The predicted molar refractivity (Wildman–Crippen MR) is 79.8 cm³/mol. The van der Waals surface area contributed by atoms with Gasteiger partial charge in [-0.25, -0.2) is 9.59 Å². The normalized spacial score (nSPS) is 29.9. The third-order valence-electron chi connectivity index (χ3n) is 4.61.